The number of nitrogens with zero attached hydrogens (tertiary/aromatic N) is 2. The Hall–Kier alpha value is -3.23. The number of rotatable bonds is 9. The van der Waals surface area contributed by atoms with Gasteiger partial charge in [0.2, 0.25) is 0 Å². The molecule has 170 valence electrons. The number of nitrogens with one attached hydrogen (secondary N) is 1. The van der Waals surface area contributed by atoms with Crippen molar-refractivity contribution in [3.8, 4) is 0 Å². The van der Waals surface area contributed by atoms with E-state index in [9.17, 15) is 14.4 Å². The van der Waals surface area contributed by atoms with Crippen LogP contribution in [0.5, 0.6) is 0 Å². The van der Waals surface area contributed by atoms with Crippen LogP contribution in [-0.2, 0) is 11.3 Å². The second kappa shape index (κ2) is 10.6. The van der Waals surface area contributed by atoms with Crippen molar-refractivity contribution in [1.82, 2.24) is 14.9 Å². The number of Topliss-reactive ketones (excluding diaryl/α,β-unsaturated/α-hetero) is 1. The monoisotopic (exact) mass is 463 g/mol. The molecule has 0 spiro atoms. The first-order valence-corrected chi connectivity index (χ1v) is 11.8. The molecule has 8 heteroatoms. The van der Waals surface area contributed by atoms with Crippen molar-refractivity contribution >= 4 is 34.4 Å². The topological polar surface area (TPSA) is 90.3 Å². The molecule has 0 aliphatic carbocycles. The van der Waals surface area contributed by atoms with E-state index in [-0.39, 0.29) is 35.7 Å². The summed E-state index contributed by atoms with van der Waals surface area (Å²) in [6.07, 6.45) is 3.60. The van der Waals surface area contributed by atoms with Crippen molar-refractivity contribution in [3.63, 3.8) is 0 Å². The number of aromatic nitrogens is 2. The molecule has 3 aromatic rings. The van der Waals surface area contributed by atoms with E-state index < -0.39 is 0 Å². The predicted octanol–water partition coefficient (Wildman–Crippen LogP) is 3.47. The summed E-state index contributed by atoms with van der Waals surface area (Å²) in [7, 11) is 0. The lowest BCUT2D eigenvalue weighted by molar-refractivity contribution is 0.0857. The number of fused-ring (bicyclic) bond motifs is 1. The van der Waals surface area contributed by atoms with Crippen molar-refractivity contribution in [1.29, 1.82) is 0 Å². The van der Waals surface area contributed by atoms with Crippen molar-refractivity contribution in [3.05, 3.63) is 82.7 Å². The van der Waals surface area contributed by atoms with Crippen LogP contribution >= 0.6 is 11.8 Å². The quantitative estimate of drug-likeness (QED) is 0.226. The van der Waals surface area contributed by atoms with Gasteiger partial charge in [-0.2, -0.15) is 0 Å². The number of allylic oxidation sites excluding steroid dienone is 1. The number of amides is 1. The molecule has 2 heterocycles. The molecule has 7 nitrogen and oxygen atoms in total. The van der Waals surface area contributed by atoms with Crippen molar-refractivity contribution in [2.45, 2.75) is 30.6 Å². The van der Waals surface area contributed by atoms with E-state index in [0.29, 0.717) is 33.7 Å². The van der Waals surface area contributed by atoms with E-state index in [2.05, 4.69) is 16.9 Å². The van der Waals surface area contributed by atoms with Gasteiger partial charge < -0.3 is 10.1 Å². The maximum atomic E-state index is 13.1. The van der Waals surface area contributed by atoms with Gasteiger partial charge in [-0.1, -0.05) is 48.2 Å². The summed E-state index contributed by atoms with van der Waals surface area (Å²) in [5.41, 5.74) is 1.21. The van der Waals surface area contributed by atoms with Crippen LogP contribution in [0.4, 0.5) is 0 Å². The smallest absolute Gasteiger partial charge is 0.262 e. The molecule has 1 fully saturated rings. The van der Waals surface area contributed by atoms with Crippen LogP contribution in [0.1, 0.15) is 33.6 Å². The lowest BCUT2D eigenvalue weighted by Gasteiger charge is -2.13. The van der Waals surface area contributed by atoms with Crippen molar-refractivity contribution in [2.75, 3.05) is 18.9 Å². The van der Waals surface area contributed by atoms with Crippen LogP contribution < -0.4 is 10.9 Å². The van der Waals surface area contributed by atoms with Crippen LogP contribution in [0.2, 0.25) is 0 Å². The molecule has 1 aromatic heterocycles. The van der Waals surface area contributed by atoms with Crippen LogP contribution in [0.3, 0.4) is 0 Å². The number of ketones is 1. The summed E-state index contributed by atoms with van der Waals surface area (Å²) in [5.74, 6) is -0.152. The van der Waals surface area contributed by atoms with Gasteiger partial charge in [0.15, 0.2) is 10.9 Å². The molecule has 1 N–H and O–H groups in total. The molecular formula is C25H25N3O4S. The zero-order valence-corrected chi connectivity index (χ0v) is 19.0. The number of hydrogen-bond acceptors (Lipinski definition) is 6. The Morgan fingerprint density at radius 2 is 2.03 bits per heavy atom. The third-order valence-corrected chi connectivity index (χ3v) is 6.41. The Bertz CT molecular complexity index is 1230. The molecule has 1 aliphatic heterocycles. The average molecular weight is 464 g/mol. The normalized spacial score (nSPS) is 15.5. The highest BCUT2D eigenvalue weighted by molar-refractivity contribution is 7.99. The summed E-state index contributed by atoms with van der Waals surface area (Å²) < 4.78 is 7.04. The fourth-order valence-corrected chi connectivity index (χ4v) is 4.60. The van der Waals surface area contributed by atoms with E-state index in [1.165, 1.54) is 16.3 Å². The van der Waals surface area contributed by atoms with Crippen molar-refractivity contribution < 1.29 is 14.3 Å². The minimum absolute atomic E-state index is 0.0452. The highest BCUT2D eigenvalue weighted by Crippen LogP contribution is 2.20. The Morgan fingerprint density at radius 1 is 1.21 bits per heavy atom. The van der Waals surface area contributed by atoms with E-state index in [1.54, 1.807) is 36.4 Å². The second-order valence-electron chi connectivity index (χ2n) is 7.75. The van der Waals surface area contributed by atoms with Gasteiger partial charge in [0.25, 0.3) is 11.5 Å². The molecule has 1 aliphatic rings. The first-order valence-electron chi connectivity index (χ1n) is 10.8. The number of thioether (sulfide) groups is 1. The Balaban J connectivity index is 1.58. The summed E-state index contributed by atoms with van der Waals surface area (Å²) in [5, 5.41) is 3.71. The lowest BCUT2D eigenvalue weighted by Crippen LogP contribution is -2.31. The van der Waals surface area contributed by atoms with Crippen LogP contribution in [-0.4, -0.2) is 46.2 Å². The number of carbonyl (C=O) groups is 2. The molecule has 1 amide bonds. The first kappa shape index (κ1) is 22.9. The molecule has 4 rings (SSSR count). The summed E-state index contributed by atoms with van der Waals surface area (Å²) in [6.45, 7) is 5.17. The predicted molar refractivity (Wildman–Crippen MR) is 129 cm³/mol. The van der Waals surface area contributed by atoms with Gasteiger partial charge in [0.05, 0.1) is 22.8 Å². The zero-order chi connectivity index (χ0) is 23.2. The van der Waals surface area contributed by atoms with Gasteiger partial charge in [-0.15, -0.1) is 6.58 Å². The minimum Gasteiger partial charge on any atom is -0.376 e. The Labute approximate surface area is 195 Å². The van der Waals surface area contributed by atoms with Gasteiger partial charge in [-0.25, -0.2) is 4.98 Å². The molecular weight excluding hydrogens is 438 g/mol. The van der Waals surface area contributed by atoms with Gasteiger partial charge in [0, 0.05) is 30.8 Å². The minimum atomic E-state index is -0.238. The van der Waals surface area contributed by atoms with Crippen LogP contribution in [0.25, 0.3) is 10.9 Å². The maximum absolute atomic E-state index is 13.1. The standard InChI is InChI=1S/C25H25N3O4S/c1-2-12-28-24(31)20-11-10-18(23(30)26-15-19-9-6-13-32-19)14-21(20)27-25(28)33-16-22(29)17-7-4-3-5-8-17/h2-5,7-8,10-11,14,19H,1,6,9,12-13,15-16H2,(H,26,30). The molecule has 1 atom stereocenters. The second-order valence-corrected chi connectivity index (χ2v) is 8.70. The highest BCUT2D eigenvalue weighted by atomic mass is 32.2. The third kappa shape index (κ3) is 5.40. The molecule has 33 heavy (non-hydrogen) atoms. The molecule has 1 unspecified atom stereocenters. The Morgan fingerprint density at radius 3 is 2.76 bits per heavy atom. The Kier molecular flexibility index (Phi) is 7.36. The lowest BCUT2D eigenvalue weighted by atomic mass is 10.1. The van der Waals surface area contributed by atoms with E-state index in [0.717, 1.165) is 19.4 Å². The maximum Gasteiger partial charge on any atom is 0.262 e. The number of hydrogen-bond donors (Lipinski definition) is 1. The highest BCUT2D eigenvalue weighted by Gasteiger charge is 2.18. The van der Waals surface area contributed by atoms with Crippen molar-refractivity contribution in [2.24, 2.45) is 0 Å². The van der Waals surface area contributed by atoms with Crippen LogP contribution in [0, 0.1) is 0 Å². The molecule has 2 aromatic carbocycles. The van der Waals surface area contributed by atoms with Gasteiger partial charge >= 0.3 is 0 Å². The number of benzene rings is 2. The van der Waals surface area contributed by atoms with E-state index in [4.69, 9.17) is 4.74 Å². The first-order chi connectivity index (χ1) is 16.1. The summed E-state index contributed by atoms with van der Waals surface area (Å²) in [6, 6.07) is 13.9. The summed E-state index contributed by atoms with van der Waals surface area (Å²) >= 11 is 1.20. The zero-order valence-electron chi connectivity index (χ0n) is 18.2. The number of ether oxygens (including phenoxy) is 1. The molecule has 0 radical (unpaired) electrons. The van der Waals surface area contributed by atoms with E-state index >= 15 is 0 Å². The SMILES string of the molecule is C=CCn1c(SCC(=O)c2ccccc2)nc2cc(C(=O)NCC3CCCO3)ccc2c1=O. The number of carbonyl (C=O) groups excluding carboxylic acids is 2. The van der Waals surface area contributed by atoms with Gasteiger partial charge in [-0.05, 0) is 31.0 Å². The average Bonchev–Trinajstić information content (AvgIpc) is 3.37. The fourth-order valence-electron chi connectivity index (χ4n) is 3.69. The fraction of sp³-hybridized carbons (Fsp3) is 0.280. The third-order valence-electron chi connectivity index (χ3n) is 5.44. The molecule has 1 saturated heterocycles. The largest absolute Gasteiger partial charge is 0.376 e. The van der Waals surface area contributed by atoms with Gasteiger partial charge in [-0.3, -0.25) is 19.0 Å². The summed E-state index contributed by atoms with van der Waals surface area (Å²) in [4.78, 5) is 42.9. The van der Waals surface area contributed by atoms with Gasteiger partial charge in [0.1, 0.15) is 0 Å². The molecule has 0 bridgehead atoms. The molecule has 0 saturated carbocycles. The van der Waals surface area contributed by atoms with E-state index in [1.807, 2.05) is 18.2 Å². The van der Waals surface area contributed by atoms with Crippen LogP contribution in [0.15, 0.2) is 71.1 Å².